The first-order valence-electron chi connectivity index (χ1n) is 6.75. The standard InChI is InChI=1S/C13H22O4S/c1-11(2)12(3)5-9-4-10(6-12)8-13(11,7-9)17-18(14,15)16/h9-10H,4-8H2,1-3H3,(H,14,15,16). The highest BCUT2D eigenvalue weighted by Gasteiger charge is 2.68. The lowest BCUT2D eigenvalue weighted by atomic mass is 9.38. The van der Waals surface area contributed by atoms with Gasteiger partial charge < -0.3 is 0 Å². The lowest BCUT2D eigenvalue weighted by molar-refractivity contribution is -0.238. The summed E-state index contributed by atoms with van der Waals surface area (Å²) < 4.78 is 36.9. The molecule has 0 aromatic carbocycles. The maximum Gasteiger partial charge on any atom is 0.397 e. The van der Waals surface area contributed by atoms with Gasteiger partial charge in [0.25, 0.3) is 0 Å². The van der Waals surface area contributed by atoms with Crippen molar-refractivity contribution in [1.29, 1.82) is 0 Å². The fourth-order valence-corrected chi connectivity index (χ4v) is 6.01. The van der Waals surface area contributed by atoms with Crippen LogP contribution in [0.2, 0.25) is 0 Å². The molecule has 4 aliphatic rings. The summed E-state index contributed by atoms with van der Waals surface area (Å²) in [6, 6.07) is 0. The number of hydrogen-bond acceptors (Lipinski definition) is 3. The Morgan fingerprint density at radius 1 is 1.06 bits per heavy atom. The molecule has 4 aliphatic carbocycles. The van der Waals surface area contributed by atoms with E-state index in [1.54, 1.807) is 0 Å². The van der Waals surface area contributed by atoms with Crippen LogP contribution in [0.1, 0.15) is 52.9 Å². The van der Waals surface area contributed by atoms with Crippen molar-refractivity contribution in [3.8, 4) is 0 Å². The predicted octanol–water partition coefficient (Wildman–Crippen LogP) is 2.80. The second kappa shape index (κ2) is 3.30. The molecule has 4 saturated carbocycles. The minimum atomic E-state index is -4.38. The van der Waals surface area contributed by atoms with Crippen LogP contribution in [0.5, 0.6) is 0 Å². The van der Waals surface area contributed by atoms with Gasteiger partial charge in [-0.1, -0.05) is 20.8 Å². The highest BCUT2D eigenvalue weighted by molar-refractivity contribution is 7.80. The van der Waals surface area contributed by atoms with Crippen molar-refractivity contribution < 1.29 is 17.2 Å². The van der Waals surface area contributed by atoms with Gasteiger partial charge in [0, 0.05) is 5.41 Å². The van der Waals surface area contributed by atoms with Gasteiger partial charge in [0.2, 0.25) is 0 Å². The third-order valence-electron chi connectivity index (χ3n) is 6.29. The van der Waals surface area contributed by atoms with Gasteiger partial charge >= 0.3 is 10.4 Å². The zero-order valence-corrected chi connectivity index (χ0v) is 12.1. The molecule has 4 bridgehead atoms. The molecule has 0 spiro atoms. The Morgan fingerprint density at radius 3 is 2.00 bits per heavy atom. The SMILES string of the molecule is CC12CC3CC(C1)CC(OS(=O)(=O)O)(C3)C2(C)C. The van der Waals surface area contributed by atoms with Gasteiger partial charge in [-0.05, 0) is 49.4 Å². The molecular weight excluding hydrogens is 252 g/mol. The van der Waals surface area contributed by atoms with Gasteiger partial charge in [0.05, 0.1) is 5.60 Å². The van der Waals surface area contributed by atoms with E-state index in [1.807, 2.05) is 0 Å². The van der Waals surface area contributed by atoms with Crippen molar-refractivity contribution in [2.45, 2.75) is 58.5 Å². The third-order valence-corrected chi connectivity index (χ3v) is 6.82. The summed E-state index contributed by atoms with van der Waals surface area (Å²) in [5, 5.41) is 0. The van der Waals surface area contributed by atoms with Gasteiger partial charge in [-0.25, -0.2) is 4.18 Å². The molecule has 4 fully saturated rings. The maximum atomic E-state index is 11.2. The zero-order chi connectivity index (χ0) is 13.4. The second-order valence-electron chi connectivity index (χ2n) is 7.48. The highest BCUT2D eigenvalue weighted by atomic mass is 32.3. The largest absolute Gasteiger partial charge is 0.397 e. The van der Waals surface area contributed by atoms with Crippen molar-refractivity contribution in [3.63, 3.8) is 0 Å². The second-order valence-corrected chi connectivity index (χ2v) is 8.50. The minimum Gasteiger partial charge on any atom is -0.264 e. The molecule has 0 amide bonds. The van der Waals surface area contributed by atoms with Crippen LogP contribution in [0.15, 0.2) is 0 Å². The third kappa shape index (κ3) is 1.53. The lowest BCUT2D eigenvalue weighted by Gasteiger charge is -2.69. The van der Waals surface area contributed by atoms with Crippen LogP contribution in [-0.4, -0.2) is 18.6 Å². The topological polar surface area (TPSA) is 63.6 Å². The first-order valence-corrected chi connectivity index (χ1v) is 8.12. The first-order chi connectivity index (χ1) is 8.07. The molecule has 0 heterocycles. The molecule has 4 nitrogen and oxygen atoms in total. The molecule has 0 aromatic rings. The molecule has 18 heavy (non-hydrogen) atoms. The summed E-state index contributed by atoms with van der Waals surface area (Å²) in [6.45, 7) is 6.47. The Labute approximate surface area is 109 Å². The summed E-state index contributed by atoms with van der Waals surface area (Å²) in [7, 11) is -4.38. The molecule has 2 unspecified atom stereocenters. The molecule has 104 valence electrons. The summed E-state index contributed by atoms with van der Waals surface area (Å²) in [4.78, 5) is 0. The minimum absolute atomic E-state index is 0.127. The summed E-state index contributed by atoms with van der Waals surface area (Å²) in [5.74, 6) is 1.11. The molecule has 0 aliphatic heterocycles. The van der Waals surface area contributed by atoms with E-state index in [9.17, 15) is 8.42 Å². The van der Waals surface area contributed by atoms with Crippen molar-refractivity contribution in [1.82, 2.24) is 0 Å². The van der Waals surface area contributed by atoms with Crippen LogP contribution in [0.25, 0.3) is 0 Å². The van der Waals surface area contributed by atoms with Crippen LogP contribution in [-0.2, 0) is 14.6 Å². The molecule has 1 N–H and O–H groups in total. The van der Waals surface area contributed by atoms with E-state index in [4.69, 9.17) is 8.74 Å². The molecule has 4 rings (SSSR count). The molecule has 0 aromatic heterocycles. The van der Waals surface area contributed by atoms with Crippen molar-refractivity contribution >= 4 is 10.4 Å². The molecule has 0 saturated heterocycles. The predicted molar refractivity (Wildman–Crippen MR) is 67.3 cm³/mol. The molecule has 2 atom stereocenters. The maximum absolute atomic E-state index is 11.2. The lowest BCUT2D eigenvalue weighted by Crippen LogP contribution is -2.67. The van der Waals surface area contributed by atoms with E-state index in [1.165, 1.54) is 6.42 Å². The Balaban J connectivity index is 2.08. The Kier molecular flexibility index (Phi) is 2.36. The van der Waals surface area contributed by atoms with E-state index >= 15 is 0 Å². The average Bonchev–Trinajstić information content (AvgIpc) is 2.09. The van der Waals surface area contributed by atoms with Crippen LogP contribution in [0, 0.1) is 22.7 Å². The smallest absolute Gasteiger partial charge is 0.264 e. The van der Waals surface area contributed by atoms with Crippen LogP contribution < -0.4 is 0 Å². The Morgan fingerprint density at radius 2 is 1.56 bits per heavy atom. The Bertz CT molecular complexity index is 465. The average molecular weight is 274 g/mol. The van der Waals surface area contributed by atoms with Gasteiger partial charge in [-0.2, -0.15) is 8.42 Å². The molecule has 5 heteroatoms. The first kappa shape index (κ1) is 12.9. The van der Waals surface area contributed by atoms with E-state index < -0.39 is 16.0 Å². The molecular formula is C13H22O4S. The number of rotatable bonds is 2. The van der Waals surface area contributed by atoms with E-state index in [2.05, 4.69) is 20.8 Å². The van der Waals surface area contributed by atoms with Crippen LogP contribution in [0.3, 0.4) is 0 Å². The summed E-state index contributed by atoms with van der Waals surface area (Å²) >= 11 is 0. The monoisotopic (exact) mass is 274 g/mol. The zero-order valence-electron chi connectivity index (χ0n) is 11.3. The van der Waals surface area contributed by atoms with Crippen LogP contribution in [0.4, 0.5) is 0 Å². The van der Waals surface area contributed by atoms with E-state index in [-0.39, 0.29) is 10.8 Å². The molecule has 0 radical (unpaired) electrons. The van der Waals surface area contributed by atoms with Crippen molar-refractivity contribution in [2.75, 3.05) is 0 Å². The van der Waals surface area contributed by atoms with Crippen LogP contribution >= 0.6 is 0 Å². The van der Waals surface area contributed by atoms with E-state index in [0.29, 0.717) is 11.8 Å². The quantitative estimate of drug-likeness (QED) is 0.786. The highest BCUT2D eigenvalue weighted by Crippen LogP contribution is 2.70. The van der Waals surface area contributed by atoms with Crippen molar-refractivity contribution in [2.24, 2.45) is 22.7 Å². The fraction of sp³-hybridized carbons (Fsp3) is 1.00. The van der Waals surface area contributed by atoms with E-state index in [0.717, 1.165) is 25.7 Å². The summed E-state index contributed by atoms with van der Waals surface area (Å²) in [6.07, 6.45) is 5.06. The van der Waals surface area contributed by atoms with Crippen molar-refractivity contribution in [3.05, 3.63) is 0 Å². The summed E-state index contributed by atoms with van der Waals surface area (Å²) in [5.41, 5.74) is -0.787. The van der Waals surface area contributed by atoms with Gasteiger partial charge in [0.1, 0.15) is 0 Å². The van der Waals surface area contributed by atoms with Gasteiger partial charge in [-0.3, -0.25) is 4.55 Å². The Hall–Kier alpha value is -0.130. The van der Waals surface area contributed by atoms with Gasteiger partial charge in [-0.15, -0.1) is 0 Å². The van der Waals surface area contributed by atoms with Gasteiger partial charge in [0.15, 0.2) is 0 Å². The number of hydrogen-bond donors (Lipinski definition) is 1. The fourth-order valence-electron chi connectivity index (χ4n) is 5.27. The normalized spacial score (nSPS) is 49.6.